The number of carbonyl (C=O) groups excluding carboxylic acids is 1. The first-order valence-electron chi connectivity index (χ1n) is 5.56. The summed E-state index contributed by atoms with van der Waals surface area (Å²) in [7, 11) is 0. The van der Waals surface area contributed by atoms with Gasteiger partial charge in [-0.25, -0.2) is 4.79 Å². The van der Waals surface area contributed by atoms with Crippen molar-refractivity contribution in [3.63, 3.8) is 0 Å². The summed E-state index contributed by atoms with van der Waals surface area (Å²) in [5.74, 6) is -2.45. The van der Waals surface area contributed by atoms with Crippen molar-refractivity contribution < 1.29 is 19.8 Å². The molecule has 0 unspecified atom stereocenters. The van der Waals surface area contributed by atoms with E-state index in [0.717, 1.165) is 0 Å². The number of aliphatic hydroxyl groups excluding tert-OH is 1. The van der Waals surface area contributed by atoms with Crippen LogP contribution < -0.4 is 11.1 Å². The van der Waals surface area contributed by atoms with E-state index in [0.29, 0.717) is 4.91 Å². The summed E-state index contributed by atoms with van der Waals surface area (Å²) in [6.45, 7) is 1.58. The minimum Gasteiger partial charge on any atom is -0.477 e. The smallest absolute Gasteiger partial charge is 0.353 e. The highest BCUT2D eigenvalue weighted by Crippen LogP contribution is 2.49. The van der Waals surface area contributed by atoms with Crippen LogP contribution in [0.3, 0.4) is 0 Å². The van der Waals surface area contributed by atoms with Crippen LogP contribution in [-0.4, -0.2) is 51.0 Å². The summed E-state index contributed by atoms with van der Waals surface area (Å²) in [5, 5.41) is 27.9. The average molecular weight is 286 g/mol. The second kappa shape index (κ2) is 4.74. The first-order valence-corrected chi connectivity index (χ1v) is 6.44. The number of carboxylic acids is 1. The van der Waals surface area contributed by atoms with E-state index in [9.17, 15) is 19.8 Å². The molecule has 1 amide bonds. The van der Waals surface area contributed by atoms with Gasteiger partial charge in [-0.3, -0.25) is 15.1 Å². The number of amides is 1. The number of guanidine groups is 1. The summed E-state index contributed by atoms with van der Waals surface area (Å²) < 4.78 is 0. The lowest BCUT2D eigenvalue weighted by Gasteiger charge is -2.43. The highest BCUT2D eigenvalue weighted by Gasteiger charge is 2.57. The zero-order chi connectivity index (χ0) is 14.3. The molecule has 1 fully saturated rings. The van der Waals surface area contributed by atoms with Gasteiger partial charge in [0.1, 0.15) is 11.1 Å². The molecule has 6 N–H and O–H groups in total. The van der Waals surface area contributed by atoms with Gasteiger partial charge < -0.3 is 21.3 Å². The van der Waals surface area contributed by atoms with E-state index in [2.05, 4.69) is 5.32 Å². The molecule has 0 aromatic carbocycles. The summed E-state index contributed by atoms with van der Waals surface area (Å²) in [4.78, 5) is 24.7. The highest BCUT2D eigenvalue weighted by molar-refractivity contribution is 8.04. The number of β-lactam (4-membered cyclic amide) rings is 1. The third-order valence-corrected chi connectivity index (χ3v) is 4.38. The fourth-order valence-corrected chi connectivity index (χ4v) is 3.70. The number of hydrogen-bond acceptors (Lipinski definition) is 5. The van der Waals surface area contributed by atoms with Crippen molar-refractivity contribution in [2.75, 3.05) is 6.54 Å². The maximum absolute atomic E-state index is 11.9. The number of nitrogens with two attached hydrogens (primary N) is 1. The van der Waals surface area contributed by atoms with Gasteiger partial charge in [0, 0.05) is 4.91 Å². The molecule has 9 heteroatoms. The molecule has 0 aromatic heterocycles. The molecular formula is C10H14N4O4S. The molecule has 2 aliphatic heterocycles. The highest BCUT2D eigenvalue weighted by atomic mass is 32.2. The summed E-state index contributed by atoms with van der Waals surface area (Å²) >= 11 is 1.21. The van der Waals surface area contributed by atoms with Crippen LogP contribution in [-0.2, 0) is 9.59 Å². The fraction of sp³-hybridized carbons (Fsp3) is 0.500. The predicted octanol–water partition coefficient (Wildman–Crippen LogP) is -1.32. The Morgan fingerprint density at radius 3 is 2.79 bits per heavy atom. The van der Waals surface area contributed by atoms with Gasteiger partial charge in [-0.2, -0.15) is 0 Å². The van der Waals surface area contributed by atoms with E-state index in [4.69, 9.17) is 11.1 Å². The lowest BCUT2D eigenvalue weighted by molar-refractivity contribution is -0.156. The van der Waals surface area contributed by atoms with Crippen LogP contribution in [0.4, 0.5) is 0 Å². The Morgan fingerprint density at radius 1 is 1.68 bits per heavy atom. The number of aliphatic carboxylic acids is 1. The normalized spacial score (nSPS) is 26.8. The molecule has 2 rings (SSSR count). The van der Waals surface area contributed by atoms with E-state index in [1.54, 1.807) is 0 Å². The van der Waals surface area contributed by atoms with Crippen molar-refractivity contribution >= 4 is 29.6 Å². The Hall–Kier alpha value is -1.74. The van der Waals surface area contributed by atoms with Crippen LogP contribution in [0, 0.1) is 11.3 Å². The molecule has 1 saturated heterocycles. The van der Waals surface area contributed by atoms with Gasteiger partial charge in [-0.1, -0.05) is 11.8 Å². The molecule has 0 aromatic rings. The van der Waals surface area contributed by atoms with Crippen molar-refractivity contribution in [3.8, 4) is 0 Å². The number of thioether (sulfide) groups is 1. The third-order valence-electron chi connectivity index (χ3n) is 3.01. The van der Waals surface area contributed by atoms with Gasteiger partial charge >= 0.3 is 5.97 Å². The number of fused-ring (bicyclic) bond motifs is 1. The van der Waals surface area contributed by atoms with Crippen LogP contribution >= 0.6 is 11.8 Å². The molecule has 0 bridgehead atoms. The fourth-order valence-electron chi connectivity index (χ4n) is 2.15. The molecule has 0 radical (unpaired) electrons. The number of carbonyl (C=O) groups is 2. The molecule has 0 saturated carbocycles. The number of aliphatic hydroxyl groups is 1. The predicted molar refractivity (Wildman–Crippen MR) is 68.0 cm³/mol. The Bertz CT molecular complexity index is 490. The molecule has 8 nitrogen and oxygen atoms in total. The average Bonchev–Trinajstić information content (AvgIpc) is 2.60. The molecular weight excluding hydrogens is 272 g/mol. The Kier molecular flexibility index (Phi) is 3.42. The topological polar surface area (TPSA) is 140 Å². The van der Waals surface area contributed by atoms with Crippen molar-refractivity contribution in [2.45, 2.75) is 18.4 Å². The van der Waals surface area contributed by atoms with Crippen molar-refractivity contribution in [2.24, 2.45) is 11.7 Å². The summed E-state index contributed by atoms with van der Waals surface area (Å²) in [6, 6.07) is 0. The van der Waals surface area contributed by atoms with Crippen LogP contribution in [0.15, 0.2) is 10.6 Å². The zero-order valence-electron chi connectivity index (χ0n) is 10.1. The summed E-state index contributed by atoms with van der Waals surface area (Å²) in [6.07, 6.45) is -0.823. The van der Waals surface area contributed by atoms with Gasteiger partial charge in [0.05, 0.1) is 18.6 Å². The molecule has 3 atom stereocenters. The maximum Gasteiger partial charge on any atom is 0.353 e. The molecule has 0 aliphatic carbocycles. The van der Waals surface area contributed by atoms with Crippen LogP contribution in [0.5, 0.6) is 0 Å². The van der Waals surface area contributed by atoms with E-state index < -0.39 is 18.0 Å². The maximum atomic E-state index is 11.9. The van der Waals surface area contributed by atoms with E-state index >= 15 is 0 Å². The Balaban J connectivity index is 2.21. The van der Waals surface area contributed by atoms with Gasteiger partial charge in [0.15, 0.2) is 5.96 Å². The molecule has 2 aliphatic rings. The van der Waals surface area contributed by atoms with Crippen molar-refractivity contribution in [1.29, 1.82) is 5.41 Å². The van der Waals surface area contributed by atoms with Gasteiger partial charge in [0.25, 0.3) is 0 Å². The summed E-state index contributed by atoms with van der Waals surface area (Å²) in [5.41, 5.74) is 5.06. The van der Waals surface area contributed by atoms with Gasteiger partial charge in [-0.05, 0) is 6.92 Å². The quantitative estimate of drug-likeness (QED) is 0.245. The Labute approximate surface area is 113 Å². The number of carboxylic acid groups (broad SMARTS) is 1. The van der Waals surface area contributed by atoms with E-state index in [1.165, 1.54) is 23.6 Å². The van der Waals surface area contributed by atoms with E-state index in [1.807, 2.05) is 0 Å². The minimum atomic E-state index is -1.20. The van der Waals surface area contributed by atoms with E-state index in [-0.39, 0.29) is 29.5 Å². The standard InChI is InChI=1S/C10H14N4O4S/c1-3(15)5-7(16)14-6(9(17)18)4(19-8(5)14)2-13-10(11)12/h3,5,8,15H,2H2,1H3,(H,17,18)(H4,11,12,13)/t3-,5+,8-/m1/s1. The minimum absolute atomic E-state index is 0.0778. The van der Waals surface area contributed by atoms with Crippen molar-refractivity contribution in [1.82, 2.24) is 10.2 Å². The molecule has 2 heterocycles. The first-order chi connectivity index (χ1) is 8.84. The van der Waals surface area contributed by atoms with Gasteiger partial charge in [0.2, 0.25) is 5.91 Å². The Morgan fingerprint density at radius 2 is 2.32 bits per heavy atom. The number of hydrogen-bond donors (Lipinski definition) is 5. The number of nitrogens with one attached hydrogen (secondary N) is 2. The third kappa shape index (κ3) is 2.15. The van der Waals surface area contributed by atoms with Crippen LogP contribution in [0.25, 0.3) is 0 Å². The van der Waals surface area contributed by atoms with Crippen molar-refractivity contribution in [3.05, 3.63) is 10.6 Å². The molecule has 104 valence electrons. The lowest BCUT2D eigenvalue weighted by Crippen LogP contribution is -2.60. The molecule has 0 spiro atoms. The first kappa shape index (κ1) is 13.7. The number of rotatable bonds is 4. The largest absolute Gasteiger partial charge is 0.477 e. The zero-order valence-corrected chi connectivity index (χ0v) is 10.9. The second-order valence-electron chi connectivity index (χ2n) is 4.33. The monoisotopic (exact) mass is 286 g/mol. The second-order valence-corrected chi connectivity index (χ2v) is 5.54. The van der Waals surface area contributed by atoms with Crippen LogP contribution in [0.2, 0.25) is 0 Å². The SMILES string of the molecule is C[C@@H](O)[C@H]1C(=O)N2C(C(=O)O)=C(CNC(=N)N)S[C@H]12. The number of nitrogens with zero attached hydrogens (tertiary/aromatic N) is 1. The van der Waals surface area contributed by atoms with Crippen LogP contribution in [0.1, 0.15) is 6.92 Å². The van der Waals surface area contributed by atoms with Gasteiger partial charge in [-0.15, -0.1) is 0 Å². The lowest BCUT2D eigenvalue weighted by atomic mass is 9.92. The molecule has 19 heavy (non-hydrogen) atoms.